The van der Waals surface area contributed by atoms with Crippen molar-refractivity contribution in [3.05, 3.63) is 265 Å². The molecular weight excluding hydrogens is 1350 g/mol. The van der Waals surface area contributed by atoms with Crippen molar-refractivity contribution in [2.24, 2.45) is 0 Å². The number of aromatic nitrogens is 12. The summed E-state index contributed by atoms with van der Waals surface area (Å²) in [5.74, 6) is 11.4. The predicted molar refractivity (Wildman–Crippen MR) is 411 cm³/mol. The van der Waals surface area contributed by atoms with Crippen molar-refractivity contribution in [2.45, 2.75) is 64.2 Å². The van der Waals surface area contributed by atoms with Gasteiger partial charge in [0, 0.05) is 106 Å². The number of carbonyl (C=O) groups excluding carboxylic acids is 1. The molecule has 25 heteroatoms. The van der Waals surface area contributed by atoms with Crippen LogP contribution in [0.5, 0.6) is 52.3 Å². The molecule has 25 nitrogen and oxygen atoms in total. The molecule has 15 aromatic rings. The number of rotatable bonds is 22. The highest BCUT2D eigenvalue weighted by Gasteiger charge is 2.27. The van der Waals surface area contributed by atoms with Crippen molar-refractivity contribution in [3.8, 4) is 64.4 Å². The number of nitriles is 2. The minimum absolute atomic E-state index is 0.109. The number of methoxy groups -OCH3 is 1. The van der Waals surface area contributed by atoms with Gasteiger partial charge in [-0.25, -0.2) is 4.98 Å². The lowest BCUT2D eigenvalue weighted by molar-refractivity contribution is -0.114. The summed E-state index contributed by atoms with van der Waals surface area (Å²) in [6.45, 7) is 3.42. The SMILES string of the molecule is CC(=O)Nc1ccc(Oc2cccc(Nc3cc(C4CC4)[nH]n3)n2)cc1.COc1cccc(Oc2cccc(Nc3n[nH]c4ccccc34)n2)c1.Cc1cc(Nc2nc(Oc3ccc(CC#N)cc3)cc3ccccc23)n[nH]1.N#CCc1ccc(Oc2cc(Nc3cc(C4CC4)[nH]n3)c3ccccc3n2)cc1. The van der Waals surface area contributed by atoms with Gasteiger partial charge in [-0.05, 0) is 140 Å². The van der Waals surface area contributed by atoms with Gasteiger partial charge in [0.25, 0.3) is 0 Å². The van der Waals surface area contributed by atoms with Gasteiger partial charge in [0.2, 0.25) is 29.4 Å². The first-order valence-corrected chi connectivity index (χ1v) is 34.5. The molecule has 107 heavy (non-hydrogen) atoms. The third-order valence-electron chi connectivity index (χ3n) is 16.8. The van der Waals surface area contributed by atoms with Crippen molar-refractivity contribution in [2.75, 3.05) is 33.7 Å². The first-order valence-electron chi connectivity index (χ1n) is 34.5. The van der Waals surface area contributed by atoms with E-state index in [4.69, 9.17) is 34.2 Å². The van der Waals surface area contributed by atoms with Gasteiger partial charge < -0.3 is 50.3 Å². The Morgan fingerprint density at radius 1 is 0.439 bits per heavy atom. The number of anilines is 9. The summed E-state index contributed by atoms with van der Waals surface area (Å²) in [6.07, 6.45) is 5.67. The first kappa shape index (κ1) is 69.5. The van der Waals surface area contributed by atoms with Crippen molar-refractivity contribution in [1.82, 2.24) is 60.7 Å². The molecule has 9 N–H and O–H groups in total. The third kappa shape index (κ3) is 18.9. The van der Waals surface area contributed by atoms with Gasteiger partial charge in [-0.1, -0.05) is 97.1 Å². The highest BCUT2D eigenvalue weighted by atomic mass is 16.5. The van der Waals surface area contributed by atoms with Crippen LogP contribution in [-0.2, 0) is 17.6 Å². The number of ether oxygens (including phenoxy) is 5. The number of H-pyrrole nitrogens is 4. The van der Waals surface area contributed by atoms with E-state index >= 15 is 0 Å². The Labute approximate surface area is 614 Å². The predicted octanol–water partition coefficient (Wildman–Crippen LogP) is 19.0. The van der Waals surface area contributed by atoms with Crippen LogP contribution in [0.1, 0.15) is 72.7 Å². The highest BCUT2D eigenvalue weighted by molar-refractivity contribution is 5.95. The van der Waals surface area contributed by atoms with E-state index in [1.54, 1.807) is 43.5 Å². The number of fused-ring (bicyclic) bond motifs is 3. The lowest BCUT2D eigenvalue weighted by Gasteiger charge is -2.11. The molecule has 2 saturated carbocycles. The number of pyridine rings is 4. The van der Waals surface area contributed by atoms with Crippen LogP contribution in [-0.4, -0.2) is 73.7 Å². The summed E-state index contributed by atoms with van der Waals surface area (Å²) in [4.78, 5) is 29.2. The first-order chi connectivity index (χ1) is 52.5. The number of hydrogen-bond acceptors (Lipinski definition) is 20. The average Bonchev–Trinajstić information content (AvgIpc) is 1.73. The van der Waals surface area contributed by atoms with Crippen molar-refractivity contribution < 1.29 is 28.5 Å². The molecule has 8 heterocycles. The number of hydrogen-bond donors (Lipinski definition) is 9. The molecule has 2 aliphatic rings. The second kappa shape index (κ2) is 33.0. The van der Waals surface area contributed by atoms with Gasteiger partial charge in [-0.2, -0.15) is 45.9 Å². The maximum absolute atomic E-state index is 11.1. The highest BCUT2D eigenvalue weighted by Crippen LogP contribution is 2.42. The molecule has 2 fully saturated rings. The van der Waals surface area contributed by atoms with Gasteiger partial charge in [0.05, 0.1) is 48.8 Å². The number of nitrogens with zero attached hydrogens (tertiary/aromatic N) is 10. The monoisotopic (exact) mass is 1420 g/mol. The minimum atomic E-state index is -0.109. The Bertz CT molecular complexity index is 5640. The molecule has 0 bridgehead atoms. The second-order valence-corrected chi connectivity index (χ2v) is 25.0. The van der Waals surface area contributed by atoms with E-state index < -0.39 is 0 Å². The summed E-state index contributed by atoms with van der Waals surface area (Å²) in [5.41, 5.74) is 8.64. The molecule has 8 aromatic heterocycles. The van der Waals surface area contributed by atoms with E-state index in [9.17, 15) is 4.79 Å². The average molecular weight is 1420 g/mol. The second-order valence-electron chi connectivity index (χ2n) is 25.0. The number of nitrogens with one attached hydrogen (secondary N) is 9. The van der Waals surface area contributed by atoms with Crippen molar-refractivity contribution >= 4 is 90.6 Å². The summed E-state index contributed by atoms with van der Waals surface area (Å²) >= 11 is 0. The quantitative estimate of drug-likeness (QED) is 0.0304. The van der Waals surface area contributed by atoms with Gasteiger partial charge in [-0.15, -0.1) is 0 Å². The molecule has 1 amide bonds. The lowest BCUT2D eigenvalue weighted by Crippen LogP contribution is -2.05. The van der Waals surface area contributed by atoms with Crippen LogP contribution in [0, 0.1) is 29.6 Å². The maximum atomic E-state index is 11.1. The molecular formula is C82H71N19O6. The van der Waals surface area contributed by atoms with Crippen molar-refractivity contribution in [3.63, 3.8) is 0 Å². The molecule has 17 rings (SSSR count). The van der Waals surface area contributed by atoms with Crippen LogP contribution in [0.2, 0.25) is 0 Å². The van der Waals surface area contributed by atoms with Crippen LogP contribution in [0.25, 0.3) is 32.6 Å². The topological polar surface area (TPSA) is 337 Å². The number of amides is 1. The molecule has 0 saturated heterocycles. The minimum Gasteiger partial charge on any atom is -0.497 e. The van der Waals surface area contributed by atoms with E-state index in [-0.39, 0.29) is 5.91 Å². The maximum Gasteiger partial charge on any atom is 0.221 e. The summed E-state index contributed by atoms with van der Waals surface area (Å²) in [7, 11) is 1.62. The lowest BCUT2D eigenvalue weighted by atomic mass is 10.1. The Balaban J connectivity index is 0.000000120. The molecule has 0 spiro atoms. The van der Waals surface area contributed by atoms with Crippen LogP contribution in [0.3, 0.4) is 0 Å². The molecule has 0 radical (unpaired) electrons. The van der Waals surface area contributed by atoms with Crippen LogP contribution < -0.4 is 50.3 Å². The number of benzene rings is 7. The molecule has 2 aliphatic carbocycles. The zero-order chi connectivity index (χ0) is 73.3. The fourth-order valence-corrected chi connectivity index (χ4v) is 11.3. The van der Waals surface area contributed by atoms with E-state index in [1.165, 1.54) is 44.0 Å². The zero-order valence-corrected chi connectivity index (χ0v) is 58.3. The van der Waals surface area contributed by atoms with Crippen LogP contribution >= 0.6 is 0 Å². The fraction of sp³-hybridized carbons (Fsp3) is 0.134. The Morgan fingerprint density at radius 3 is 1.58 bits per heavy atom. The molecule has 0 aliphatic heterocycles. The summed E-state index contributed by atoms with van der Waals surface area (Å²) in [6, 6.07) is 78.4. The number of aromatic amines is 4. The smallest absolute Gasteiger partial charge is 0.221 e. The number of carbonyl (C=O) groups is 1. The normalized spacial score (nSPS) is 11.9. The van der Waals surface area contributed by atoms with Crippen LogP contribution in [0.4, 0.5) is 52.1 Å². The van der Waals surface area contributed by atoms with E-state index in [1.807, 2.05) is 201 Å². The molecule has 0 unspecified atom stereocenters. The molecule has 7 aromatic carbocycles. The van der Waals surface area contributed by atoms with Crippen molar-refractivity contribution in [1.29, 1.82) is 10.5 Å². The van der Waals surface area contributed by atoms with E-state index in [0.717, 1.165) is 84.0 Å². The Morgan fingerprint density at radius 2 is 0.963 bits per heavy atom. The molecule has 0 atom stereocenters. The number of para-hydroxylation sites is 2. The van der Waals surface area contributed by atoms with Gasteiger partial charge in [0.15, 0.2) is 23.3 Å². The fourth-order valence-electron chi connectivity index (χ4n) is 11.3. The van der Waals surface area contributed by atoms with Gasteiger partial charge in [0.1, 0.15) is 46.2 Å². The molecule has 530 valence electrons. The van der Waals surface area contributed by atoms with Gasteiger partial charge in [-0.3, -0.25) is 25.2 Å². The van der Waals surface area contributed by atoms with E-state index in [2.05, 4.69) is 106 Å². The Kier molecular flexibility index (Phi) is 21.5. The zero-order valence-electron chi connectivity index (χ0n) is 58.3. The summed E-state index contributed by atoms with van der Waals surface area (Å²) < 4.78 is 28.7. The Hall–Kier alpha value is -14.6. The summed E-state index contributed by atoms with van der Waals surface area (Å²) in [5, 5.41) is 66.6. The number of aryl methyl sites for hydroxylation is 1. The standard InChI is InChI=1S/C23H19N5O.C21H17N5O.C19H19N5O2.C19H16N4O2/c24-12-11-15-5-9-17(10-6-15)29-23-14-21(18-3-1-2-4-19(18)26-23)25-22-13-20(27-28-22)16-7-8-16;1-14-12-19(26-25-14)23-21-18-5-3-2-4-16(18)13-20(24-21)27-17-8-6-15(7-9-17)10-11-22;1-12(25)20-14-7-9-15(10-8-14)26-19-4-2-3-17(22-19)21-18-11-16(23-24-18)13-5-6-13;1-24-13-6-4-7-14(12-13)25-18-11-5-10-17(20-18)21-19-15-8-2-3-9-16(15)22-23-19/h1-6,9-10,13-14,16H,7-8,11H2,(H2,25,26,27,28);2-9,12-13H,10H2,1H3,(H2,23,24,25,26);2-4,7-11,13H,5-6H2,1H3,(H,20,25)(H2,21,22,23,24);2-12H,1H3,(H2,20,21,22,23). The van der Waals surface area contributed by atoms with Crippen LogP contribution in [0.15, 0.2) is 237 Å². The third-order valence-corrected chi connectivity index (χ3v) is 16.8. The largest absolute Gasteiger partial charge is 0.497 e. The van der Waals surface area contributed by atoms with E-state index in [0.29, 0.717) is 94.5 Å². The van der Waals surface area contributed by atoms with Gasteiger partial charge >= 0.3 is 0 Å².